The van der Waals surface area contributed by atoms with Crippen molar-refractivity contribution in [1.29, 1.82) is 0 Å². The number of para-hydroxylation sites is 1. The number of phenolic OH excluding ortho intramolecular Hbond substituents is 1. The van der Waals surface area contributed by atoms with Crippen molar-refractivity contribution < 1.29 is 24.6 Å². The van der Waals surface area contributed by atoms with Crippen molar-refractivity contribution in [1.82, 2.24) is 5.48 Å². The fraction of sp³-hybridized carbons (Fsp3) is 0.500. The predicted octanol–water partition coefficient (Wildman–Crippen LogP) is 1.92. The van der Waals surface area contributed by atoms with Crippen molar-refractivity contribution in [3.63, 3.8) is 0 Å². The highest BCUT2D eigenvalue weighted by Crippen LogP contribution is 2.25. The van der Waals surface area contributed by atoms with E-state index in [1.165, 1.54) is 6.07 Å². The first-order valence-corrected chi connectivity index (χ1v) is 6.33. The van der Waals surface area contributed by atoms with Gasteiger partial charge in [0.05, 0.1) is 13.2 Å². The van der Waals surface area contributed by atoms with Crippen molar-refractivity contribution in [2.45, 2.75) is 32.3 Å². The third-order valence-electron chi connectivity index (χ3n) is 2.44. The van der Waals surface area contributed by atoms with Crippen LogP contribution in [0.25, 0.3) is 0 Å². The van der Waals surface area contributed by atoms with Crippen molar-refractivity contribution in [2.24, 2.45) is 0 Å². The molecule has 1 amide bonds. The Morgan fingerprint density at radius 1 is 1.35 bits per heavy atom. The summed E-state index contributed by atoms with van der Waals surface area (Å²) in [5.74, 6) is -0.362. The van der Waals surface area contributed by atoms with E-state index in [-0.39, 0.29) is 19.0 Å². The maximum absolute atomic E-state index is 11.4. The van der Waals surface area contributed by atoms with Gasteiger partial charge < -0.3 is 14.9 Å². The summed E-state index contributed by atoms with van der Waals surface area (Å²) in [5.41, 5.74) is 2.09. The quantitative estimate of drug-likeness (QED) is 0.719. The molecule has 1 atom stereocenters. The second kappa shape index (κ2) is 7.12. The largest absolute Gasteiger partial charge is 0.508 e. The monoisotopic (exact) mass is 283 g/mol. The van der Waals surface area contributed by atoms with Gasteiger partial charge in [-0.25, -0.2) is 4.79 Å². The number of aromatic hydroxyl groups is 1. The van der Waals surface area contributed by atoms with Crippen molar-refractivity contribution in [2.75, 3.05) is 13.2 Å². The summed E-state index contributed by atoms with van der Waals surface area (Å²) in [4.78, 5) is 16.4. The zero-order valence-electron chi connectivity index (χ0n) is 11.9. The normalized spacial score (nSPS) is 12.8. The predicted molar refractivity (Wildman–Crippen MR) is 73.3 cm³/mol. The molecule has 6 nitrogen and oxygen atoms in total. The molecule has 0 radical (unpaired) electrons. The molecule has 1 aromatic rings. The number of ether oxygens (including phenoxy) is 1. The summed E-state index contributed by atoms with van der Waals surface area (Å²) < 4.78 is 5.00. The highest BCUT2D eigenvalue weighted by molar-refractivity contribution is 5.66. The van der Waals surface area contributed by atoms with Gasteiger partial charge in [0, 0.05) is 11.5 Å². The molecule has 3 N–H and O–H groups in total. The van der Waals surface area contributed by atoms with E-state index >= 15 is 0 Å². The van der Waals surface area contributed by atoms with Gasteiger partial charge in [0.15, 0.2) is 0 Å². The number of carbonyl (C=O) groups is 1. The Hall–Kier alpha value is -1.79. The molecule has 0 heterocycles. The van der Waals surface area contributed by atoms with Crippen molar-refractivity contribution in [3.05, 3.63) is 29.8 Å². The number of nitrogens with one attached hydrogen (secondary N) is 1. The SMILES string of the molecule is CC(C)(C)OC(=O)NOCC(CO)c1ccccc1O. The molecule has 6 heteroatoms. The van der Waals surface area contributed by atoms with Crippen LogP contribution < -0.4 is 5.48 Å². The highest BCUT2D eigenvalue weighted by Gasteiger charge is 2.18. The number of aliphatic hydroxyl groups is 1. The summed E-state index contributed by atoms with van der Waals surface area (Å²) in [5, 5.41) is 19.0. The number of carbonyl (C=O) groups excluding carboxylic acids is 1. The molecule has 0 fully saturated rings. The van der Waals surface area contributed by atoms with Gasteiger partial charge in [0.1, 0.15) is 11.4 Å². The lowest BCUT2D eigenvalue weighted by Gasteiger charge is -2.20. The van der Waals surface area contributed by atoms with Crippen LogP contribution in [0.3, 0.4) is 0 Å². The van der Waals surface area contributed by atoms with Crippen molar-refractivity contribution >= 4 is 6.09 Å². The first-order valence-electron chi connectivity index (χ1n) is 6.33. The minimum atomic E-state index is -0.702. The third-order valence-corrected chi connectivity index (χ3v) is 2.44. The molecular formula is C14H21NO5. The summed E-state index contributed by atoms with van der Waals surface area (Å²) in [6.07, 6.45) is -0.702. The van der Waals surface area contributed by atoms with E-state index in [0.29, 0.717) is 5.56 Å². The zero-order chi connectivity index (χ0) is 15.2. The van der Waals surface area contributed by atoms with Crippen LogP contribution in [0.1, 0.15) is 32.3 Å². The Bertz CT molecular complexity index is 441. The van der Waals surface area contributed by atoms with Gasteiger partial charge in [0.25, 0.3) is 0 Å². The van der Waals surface area contributed by atoms with Gasteiger partial charge in [-0.1, -0.05) is 18.2 Å². The molecule has 112 valence electrons. The number of hydrogen-bond donors (Lipinski definition) is 3. The molecule has 0 bridgehead atoms. The smallest absolute Gasteiger partial charge is 0.431 e. The number of rotatable bonds is 5. The van der Waals surface area contributed by atoms with E-state index in [9.17, 15) is 15.0 Å². The maximum atomic E-state index is 11.4. The average Bonchev–Trinajstić information content (AvgIpc) is 2.34. The first kappa shape index (κ1) is 16.3. The van der Waals surface area contributed by atoms with Crippen LogP contribution in [0, 0.1) is 0 Å². The zero-order valence-corrected chi connectivity index (χ0v) is 11.9. The Labute approximate surface area is 118 Å². The summed E-state index contributed by atoms with van der Waals surface area (Å²) in [6, 6.07) is 6.65. The van der Waals surface area contributed by atoms with Gasteiger partial charge in [-0.05, 0) is 26.8 Å². The summed E-state index contributed by atoms with van der Waals surface area (Å²) in [7, 11) is 0. The van der Waals surface area contributed by atoms with Gasteiger partial charge >= 0.3 is 6.09 Å². The summed E-state index contributed by atoms with van der Waals surface area (Å²) >= 11 is 0. The molecule has 0 aliphatic carbocycles. The third kappa shape index (κ3) is 5.46. The standard InChI is InChI=1S/C14H21NO5/c1-14(2,3)20-13(18)15-19-9-10(8-16)11-6-4-5-7-12(11)17/h4-7,10,16-17H,8-9H2,1-3H3,(H,15,18). The minimum absolute atomic E-state index is 0.0211. The lowest BCUT2D eigenvalue weighted by atomic mass is 10.0. The van der Waals surface area contributed by atoms with Crippen LogP contribution in [-0.2, 0) is 9.57 Å². The van der Waals surface area contributed by atoms with E-state index in [2.05, 4.69) is 5.48 Å². The highest BCUT2D eigenvalue weighted by atomic mass is 16.7. The van der Waals surface area contributed by atoms with Crippen LogP contribution in [0.2, 0.25) is 0 Å². The van der Waals surface area contributed by atoms with Crippen LogP contribution in [0.15, 0.2) is 24.3 Å². The van der Waals surface area contributed by atoms with E-state index < -0.39 is 17.6 Å². The minimum Gasteiger partial charge on any atom is -0.508 e. The molecule has 1 aromatic carbocycles. The number of aliphatic hydroxyl groups excluding tert-OH is 1. The number of phenols is 1. The van der Waals surface area contributed by atoms with E-state index in [1.807, 2.05) is 0 Å². The van der Waals surface area contributed by atoms with Crippen LogP contribution in [0.5, 0.6) is 5.75 Å². The fourth-order valence-electron chi connectivity index (χ4n) is 1.57. The number of amides is 1. The summed E-state index contributed by atoms with van der Waals surface area (Å²) in [6.45, 7) is 5.03. The molecular weight excluding hydrogens is 262 g/mol. The Morgan fingerprint density at radius 3 is 2.55 bits per heavy atom. The van der Waals surface area contributed by atoms with E-state index in [4.69, 9.17) is 9.57 Å². The molecule has 0 spiro atoms. The molecule has 0 aliphatic heterocycles. The van der Waals surface area contributed by atoms with Crippen LogP contribution in [0.4, 0.5) is 4.79 Å². The Morgan fingerprint density at radius 2 is 2.00 bits per heavy atom. The van der Waals surface area contributed by atoms with Gasteiger partial charge in [-0.15, -0.1) is 0 Å². The number of hydrogen-bond acceptors (Lipinski definition) is 5. The molecule has 1 rings (SSSR count). The molecule has 0 saturated heterocycles. The lowest BCUT2D eigenvalue weighted by Crippen LogP contribution is -2.33. The number of benzene rings is 1. The Kier molecular flexibility index (Phi) is 5.79. The average molecular weight is 283 g/mol. The first-order chi connectivity index (χ1) is 9.33. The molecule has 0 saturated carbocycles. The van der Waals surface area contributed by atoms with Gasteiger partial charge in [-0.2, -0.15) is 5.48 Å². The molecule has 1 unspecified atom stereocenters. The Balaban J connectivity index is 2.47. The second-order valence-electron chi connectivity index (χ2n) is 5.35. The topological polar surface area (TPSA) is 88.0 Å². The number of hydroxylamine groups is 1. The lowest BCUT2D eigenvalue weighted by molar-refractivity contribution is -0.0152. The fourth-order valence-corrected chi connectivity index (χ4v) is 1.57. The van der Waals surface area contributed by atoms with Crippen LogP contribution in [-0.4, -0.2) is 35.1 Å². The van der Waals surface area contributed by atoms with Gasteiger partial charge in [0.2, 0.25) is 0 Å². The molecule has 0 aliphatic rings. The molecule has 20 heavy (non-hydrogen) atoms. The second-order valence-corrected chi connectivity index (χ2v) is 5.35. The van der Waals surface area contributed by atoms with Gasteiger partial charge in [-0.3, -0.25) is 4.84 Å². The molecule has 0 aromatic heterocycles. The van der Waals surface area contributed by atoms with E-state index in [0.717, 1.165) is 0 Å². The maximum Gasteiger partial charge on any atom is 0.431 e. The van der Waals surface area contributed by atoms with Crippen molar-refractivity contribution in [3.8, 4) is 5.75 Å². The van der Waals surface area contributed by atoms with E-state index in [1.54, 1.807) is 39.0 Å². The van der Waals surface area contributed by atoms with Crippen LogP contribution >= 0.6 is 0 Å².